The SMILES string of the molecule is CC(C)c1nc(COC(=O)C2CCCCN2c2ncccn2)cs1. The van der Waals surface area contributed by atoms with Crippen LogP contribution in [0.4, 0.5) is 5.95 Å². The zero-order valence-corrected chi connectivity index (χ0v) is 14.8. The summed E-state index contributed by atoms with van der Waals surface area (Å²) < 4.78 is 5.52. The molecule has 7 heteroatoms. The Balaban J connectivity index is 1.63. The average molecular weight is 346 g/mol. The second-order valence-corrected chi connectivity index (χ2v) is 7.08. The molecule has 6 nitrogen and oxygen atoms in total. The van der Waals surface area contributed by atoms with Crippen molar-refractivity contribution in [2.24, 2.45) is 0 Å². The largest absolute Gasteiger partial charge is 0.458 e. The van der Waals surface area contributed by atoms with E-state index in [0.29, 0.717) is 11.9 Å². The van der Waals surface area contributed by atoms with Crippen molar-refractivity contribution in [3.8, 4) is 0 Å². The molecule has 1 fully saturated rings. The third-order valence-corrected chi connectivity index (χ3v) is 5.20. The van der Waals surface area contributed by atoms with Crippen LogP contribution in [0, 0.1) is 0 Å². The molecule has 0 bridgehead atoms. The van der Waals surface area contributed by atoms with E-state index in [9.17, 15) is 4.79 Å². The van der Waals surface area contributed by atoms with Crippen LogP contribution in [0.3, 0.4) is 0 Å². The van der Waals surface area contributed by atoms with Crippen molar-refractivity contribution in [3.63, 3.8) is 0 Å². The number of carbonyl (C=O) groups is 1. The van der Waals surface area contributed by atoms with E-state index >= 15 is 0 Å². The summed E-state index contributed by atoms with van der Waals surface area (Å²) in [7, 11) is 0. The molecule has 1 unspecified atom stereocenters. The second-order valence-electron chi connectivity index (χ2n) is 6.19. The number of carbonyl (C=O) groups excluding carboxylic acids is 1. The smallest absolute Gasteiger partial charge is 0.329 e. The number of ether oxygens (including phenoxy) is 1. The Morgan fingerprint density at radius 2 is 2.17 bits per heavy atom. The van der Waals surface area contributed by atoms with Crippen LogP contribution in [0.2, 0.25) is 0 Å². The average Bonchev–Trinajstić information content (AvgIpc) is 3.10. The molecule has 24 heavy (non-hydrogen) atoms. The number of hydrogen-bond acceptors (Lipinski definition) is 7. The topological polar surface area (TPSA) is 68.2 Å². The molecule has 3 heterocycles. The molecule has 0 amide bonds. The van der Waals surface area contributed by atoms with Crippen molar-refractivity contribution in [3.05, 3.63) is 34.5 Å². The van der Waals surface area contributed by atoms with Crippen LogP contribution in [0.25, 0.3) is 0 Å². The number of aromatic nitrogens is 3. The highest BCUT2D eigenvalue weighted by Crippen LogP contribution is 2.23. The molecule has 2 aromatic rings. The lowest BCUT2D eigenvalue weighted by molar-refractivity contribution is -0.147. The van der Waals surface area contributed by atoms with E-state index in [2.05, 4.69) is 28.8 Å². The maximum atomic E-state index is 12.6. The Morgan fingerprint density at radius 3 is 2.88 bits per heavy atom. The van der Waals surface area contributed by atoms with Crippen molar-refractivity contribution in [2.75, 3.05) is 11.4 Å². The number of hydrogen-bond donors (Lipinski definition) is 0. The first kappa shape index (κ1) is 16.8. The highest BCUT2D eigenvalue weighted by atomic mass is 32.1. The van der Waals surface area contributed by atoms with E-state index in [1.165, 1.54) is 0 Å². The molecule has 0 aromatic carbocycles. The van der Waals surface area contributed by atoms with E-state index in [4.69, 9.17) is 4.74 Å². The van der Waals surface area contributed by atoms with Crippen molar-refractivity contribution >= 4 is 23.3 Å². The summed E-state index contributed by atoms with van der Waals surface area (Å²) in [6.45, 7) is 5.21. The van der Waals surface area contributed by atoms with Crippen LogP contribution < -0.4 is 4.90 Å². The molecule has 0 spiro atoms. The molecule has 0 N–H and O–H groups in total. The van der Waals surface area contributed by atoms with Gasteiger partial charge in [-0.1, -0.05) is 13.8 Å². The Morgan fingerprint density at radius 1 is 1.38 bits per heavy atom. The molecule has 0 radical (unpaired) electrons. The van der Waals surface area contributed by atoms with Crippen LogP contribution in [-0.2, 0) is 16.1 Å². The van der Waals surface area contributed by atoms with Crippen LogP contribution in [0.15, 0.2) is 23.8 Å². The Kier molecular flexibility index (Phi) is 5.40. The van der Waals surface area contributed by atoms with E-state index in [1.54, 1.807) is 29.8 Å². The predicted octanol–water partition coefficient (Wildman–Crippen LogP) is 3.16. The Labute approximate surface area is 145 Å². The van der Waals surface area contributed by atoms with E-state index in [-0.39, 0.29) is 18.6 Å². The minimum atomic E-state index is -0.315. The number of nitrogens with zero attached hydrogens (tertiary/aromatic N) is 4. The summed E-state index contributed by atoms with van der Waals surface area (Å²) in [5.74, 6) is 0.764. The second kappa shape index (κ2) is 7.70. The van der Waals surface area contributed by atoms with Gasteiger partial charge in [-0.05, 0) is 25.3 Å². The normalized spacial score (nSPS) is 18.0. The van der Waals surface area contributed by atoms with Gasteiger partial charge in [-0.2, -0.15) is 0 Å². The first-order chi connectivity index (χ1) is 11.6. The van der Waals surface area contributed by atoms with Gasteiger partial charge in [0.15, 0.2) is 0 Å². The molecule has 2 aromatic heterocycles. The van der Waals surface area contributed by atoms with Gasteiger partial charge in [0.05, 0.1) is 10.7 Å². The standard InChI is InChI=1S/C17H22N4O2S/c1-12(2)15-20-13(11-24-15)10-23-16(22)14-6-3-4-9-21(14)17-18-7-5-8-19-17/h5,7-8,11-12,14H,3-4,6,9-10H2,1-2H3. The molecule has 1 aliphatic heterocycles. The molecule has 1 saturated heterocycles. The maximum Gasteiger partial charge on any atom is 0.329 e. The minimum Gasteiger partial charge on any atom is -0.458 e. The lowest BCUT2D eigenvalue weighted by atomic mass is 10.0. The summed E-state index contributed by atoms with van der Waals surface area (Å²) >= 11 is 1.61. The van der Waals surface area contributed by atoms with Crippen molar-refractivity contribution in [1.29, 1.82) is 0 Å². The molecule has 0 aliphatic carbocycles. The molecule has 128 valence electrons. The predicted molar refractivity (Wildman–Crippen MR) is 93.0 cm³/mol. The fraction of sp³-hybridized carbons (Fsp3) is 0.529. The number of esters is 1. The fourth-order valence-electron chi connectivity index (χ4n) is 2.75. The summed E-state index contributed by atoms with van der Waals surface area (Å²) in [5.41, 5.74) is 0.815. The van der Waals surface area contributed by atoms with Crippen LogP contribution in [-0.4, -0.2) is 33.5 Å². The van der Waals surface area contributed by atoms with Gasteiger partial charge in [0.25, 0.3) is 0 Å². The monoisotopic (exact) mass is 346 g/mol. The summed E-state index contributed by atoms with van der Waals surface area (Å²) in [6, 6.07) is 1.46. The third-order valence-electron chi connectivity index (χ3n) is 4.01. The van der Waals surface area contributed by atoms with E-state index in [0.717, 1.165) is 36.5 Å². The van der Waals surface area contributed by atoms with Gasteiger partial charge in [0.1, 0.15) is 12.6 Å². The van der Waals surface area contributed by atoms with Crippen molar-refractivity contribution < 1.29 is 9.53 Å². The van der Waals surface area contributed by atoms with Gasteiger partial charge in [-0.3, -0.25) is 0 Å². The van der Waals surface area contributed by atoms with Gasteiger partial charge in [0.2, 0.25) is 5.95 Å². The third kappa shape index (κ3) is 3.90. The highest BCUT2D eigenvalue weighted by molar-refractivity contribution is 7.09. The van der Waals surface area contributed by atoms with Crippen molar-refractivity contribution in [2.45, 2.75) is 51.7 Å². The Bertz CT molecular complexity index is 674. The quantitative estimate of drug-likeness (QED) is 0.775. The van der Waals surface area contributed by atoms with E-state index in [1.807, 2.05) is 10.3 Å². The molecule has 3 rings (SSSR count). The summed E-state index contributed by atoms with van der Waals surface area (Å²) in [5, 5.41) is 3.03. The van der Waals surface area contributed by atoms with Gasteiger partial charge in [-0.25, -0.2) is 19.7 Å². The number of thiazole rings is 1. The lowest BCUT2D eigenvalue weighted by Gasteiger charge is -2.33. The number of rotatable bonds is 5. The van der Waals surface area contributed by atoms with Gasteiger partial charge in [-0.15, -0.1) is 11.3 Å². The Hall–Kier alpha value is -2.02. The maximum absolute atomic E-state index is 12.6. The van der Waals surface area contributed by atoms with E-state index < -0.39 is 0 Å². The lowest BCUT2D eigenvalue weighted by Crippen LogP contribution is -2.46. The van der Waals surface area contributed by atoms with Crippen LogP contribution in [0.1, 0.15) is 49.7 Å². The zero-order chi connectivity index (χ0) is 16.9. The number of piperidine rings is 1. The van der Waals surface area contributed by atoms with Crippen molar-refractivity contribution in [1.82, 2.24) is 15.0 Å². The fourth-order valence-corrected chi connectivity index (χ4v) is 3.57. The van der Waals surface area contributed by atoms with Crippen LogP contribution in [0.5, 0.6) is 0 Å². The summed E-state index contributed by atoms with van der Waals surface area (Å²) in [6.07, 6.45) is 6.21. The molecular weight excluding hydrogens is 324 g/mol. The van der Waals surface area contributed by atoms with Gasteiger partial charge < -0.3 is 9.64 Å². The first-order valence-electron chi connectivity index (χ1n) is 8.29. The zero-order valence-electron chi connectivity index (χ0n) is 14.0. The van der Waals surface area contributed by atoms with Gasteiger partial charge in [0, 0.05) is 30.2 Å². The highest BCUT2D eigenvalue weighted by Gasteiger charge is 2.31. The molecule has 1 atom stereocenters. The number of anilines is 1. The first-order valence-corrected chi connectivity index (χ1v) is 9.17. The van der Waals surface area contributed by atoms with Crippen LogP contribution >= 0.6 is 11.3 Å². The molecule has 0 saturated carbocycles. The van der Waals surface area contributed by atoms with Gasteiger partial charge >= 0.3 is 5.97 Å². The summed E-state index contributed by atoms with van der Waals surface area (Å²) in [4.78, 5) is 27.6. The molecular formula is C17H22N4O2S. The minimum absolute atomic E-state index is 0.221. The molecule has 1 aliphatic rings.